The second kappa shape index (κ2) is 9.11. The van der Waals surface area contributed by atoms with Crippen LogP contribution in [0.2, 0.25) is 0 Å². The van der Waals surface area contributed by atoms with Gasteiger partial charge in [-0.05, 0) is 43.7 Å². The monoisotopic (exact) mass is 398 g/mol. The number of benzene rings is 2. The first-order valence-corrected chi connectivity index (χ1v) is 10.2. The van der Waals surface area contributed by atoms with Gasteiger partial charge in [-0.15, -0.1) is 12.4 Å². The van der Waals surface area contributed by atoms with Crippen LogP contribution in [0.15, 0.2) is 65.7 Å². The fourth-order valence-corrected chi connectivity index (χ4v) is 4.59. The molecule has 0 bridgehead atoms. The number of nitrogens with one attached hydrogen (secondary N) is 1. The van der Waals surface area contributed by atoms with E-state index < -0.39 is 0 Å². The summed E-state index contributed by atoms with van der Waals surface area (Å²) in [6.07, 6.45) is 5.60. The lowest BCUT2D eigenvalue weighted by atomic mass is 9.82. The molecule has 3 nitrogen and oxygen atoms in total. The fourth-order valence-electron chi connectivity index (χ4n) is 4.59. The van der Waals surface area contributed by atoms with Gasteiger partial charge in [-0.25, -0.2) is 0 Å². The molecule has 0 amide bonds. The number of aliphatic imine (C=N–C) groups is 1. The van der Waals surface area contributed by atoms with Crippen molar-refractivity contribution in [1.29, 1.82) is 0 Å². The van der Waals surface area contributed by atoms with Crippen LogP contribution in [-0.4, -0.2) is 18.5 Å². The van der Waals surface area contributed by atoms with Gasteiger partial charge in [0.15, 0.2) is 0 Å². The Labute approximate surface area is 175 Å². The van der Waals surface area contributed by atoms with Crippen molar-refractivity contribution in [3.8, 4) is 0 Å². The van der Waals surface area contributed by atoms with Gasteiger partial charge in [-0.2, -0.15) is 0 Å². The van der Waals surface area contributed by atoms with Gasteiger partial charge in [0, 0.05) is 0 Å². The maximum atomic E-state index is 6.23. The van der Waals surface area contributed by atoms with E-state index in [9.17, 15) is 0 Å². The molecule has 4 heteroatoms. The lowest BCUT2D eigenvalue weighted by Crippen LogP contribution is -2.43. The highest BCUT2D eigenvalue weighted by Crippen LogP contribution is 2.41. The zero-order valence-corrected chi connectivity index (χ0v) is 17.6. The van der Waals surface area contributed by atoms with E-state index in [1.165, 1.54) is 36.8 Å². The highest BCUT2D eigenvalue weighted by atomic mass is 35.5. The Balaban J connectivity index is 0.00000225. The molecule has 0 spiro atoms. The van der Waals surface area contributed by atoms with Crippen LogP contribution in [0.3, 0.4) is 0 Å². The molecule has 150 valence electrons. The molecule has 3 atom stereocenters. The van der Waals surface area contributed by atoms with Crippen molar-refractivity contribution in [3.05, 3.63) is 71.8 Å². The number of nitrogens with zero attached hydrogens (tertiary/aromatic N) is 1. The summed E-state index contributed by atoms with van der Waals surface area (Å²) in [6, 6.07) is 21.2. The summed E-state index contributed by atoms with van der Waals surface area (Å²) in [4.78, 5) is 5.07. The van der Waals surface area contributed by atoms with Crippen molar-refractivity contribution in [2.24, 2.45) is 10.9 Å². The molecule has 1 aliphatic heterocycles. The van der Waals surface area contributed by atoms with Crippen LogP contribution >= 0.6 is 12.4 Å². The van der Waals surface area contributed by atoms with E-state index >= 15 is 0 Å². The molecule has 1 aliphatic carbocycles. The van der Waals surface area contributed by atoms with E-state index in [0.717, 1.165) is 5.84 Å². The third-order valence-corrected chi connectivity index (χ3v) is 6.27. The van der Waals surface area contributed by atoms with Crippen molar-refractivity contribution in [2.45, 2.75) is 57.2 Å². The van der Waals surface area contributed by atoms with Gasteiger partial charge in [-0.3, -0.25) is 4.99 Å². The maximum absolute atomic E-state index is 6.23. The number of halogens is 1. The zero-order valence-electron chi connectivity index (χ0n) is 16.8. The van der Waals surface area contributed by atoms with Crippen LogP contribution in [0, 0.1) is 5.92 Å². The smallest absolute Gasteiger partial charge is 0.124 e. The second-order valence-electron chi connectivity index (χ2n) is 8.14. The van der Waals surface area contributed by atoms with Gasteiger partial charge in [0.1, 0.15) is 18.5 Å². The first kappa shape index (κ1) is 20.9. The van der Waals surface area contributed by atoms with Crippen molar-refractivity contribution >= 4 is 18.2 Å². The molecule has 0 aromatic heterocycles. The van der Waals surface area contributed by atoms with Gasteiger partial charge < -0.3 is 10.1 Å². The summed E-state index contributed by atoms with van der Waals surface area (Å²) >= 11 is 0. The molecule has 0 saturated heterocycles. The van der Waals surface area contributed by atoms with Crippen LogP contribution in [0.25, 0.3) is 0 Å². The highest BCUT2D eigenvalue weighted by molar-refractivity contribution is 5.87. The largest absolute Gasteiger partial charge is 0.370 e. The number of ether oxygens (including phenoxy) is 1. The van der Waals surface area contributed by atoms with Gasteiger partial charge in [-0.1, -0.05) is 73.5 Å². The molecule has 1 unspecified atom stereocenters. The van der Waals surface area contributed by atoms with Crippen LogP contribution in [-0.2, 0) is 10.3 Å². The summed E-state index contributed by atoms with van der Waals surface area (Å²) in [5.41, 5.74) is 2.22. The minimum Gasteiger partial charge on any atom is -0.370 e. The van der Waals surface area contributed by atoms with Crippen LogP contribution in [0.1, 0.15) is 56.7 Å². The standard InChI is InChI=1S/C24H30N2O.ClH/c1-18(19-11-9-10-12-19)27-17-22-25-23(20-13-5-3-6-14-20)24(2,26-22)21-15-7-4-8-16-21;/h3-8,13-16,18-19,23H,9-12,17H2,1-2H3,(H,25,26);1H/t18?,23-,24+;/m1./s1. The predicted molar refractivity (Wildman–Crippen MR) is 118 cm³/mol. The molecular weight excluding hydrogens is 368 g/mol. The molecule has 0 radical (unpaired) electrons. The van der Waals surface area contributed by atoms with E-state index in [1.54, 1.807) is 0 Å². The predicted octanol–water partition coefficient (Wildman–Crippen LogP) is 5.66. The third-order valence-electron chi connectivity index (χ3n) is 6.27. The Kier molecular flexibility index (Phi) is 6.79. The highest BCUT2D eigenvalue weighted by Gasteiger charge is 2.42. The molecular formula is C24H31ClN2O. The normalized spacial score (nSPS) is 25.6. The summed E-state index contributed by atoms with van der Waals surface area (Å²) < 4.78 is 6.23. The number of amidine groups is 1. The molecule has 1 N–H and O–H groups in total. The Morgan fingerprint density at radius 1 is 1.04 bits per heavy atom. The minimum atomic E-state index is -0.266. The SMILES string of the molecule is CC(OCC1=N[C@H](c2ccccc2)[C@](C)(c2ccccc2)N1)C1CCCC1.Cl. The molecule has 1 fully saturated rings. The Hall–Kier alpha value is -1.84. The molecule has 2 aromatic rings. The van der Waals surface area contributed by atoms with E-state index in [2.05, 4.69) is 79.8 Å². The second-order valence-corrected chi connectivity index (χ2v) is 8.14. The van der Waals surface area contributed by atoms with Crippen LogP contribution < -0.4 is 5.32 Å². The van der Waals surface area contributed by atoms with Gasteiger partial charge in [0.25, 0.3) is 0 Å². The van der Waals surface area contributed by atoms with Crippen molar-refractivity contribution in [3.63, 3.8) is 0 Å². The average Bonchev–Trinajstić information content (AvgIpc) is 3.36. The van der Waals surface area contributed by atoms with Gasteiger partial charge in [0.2, 0.25) is 0 Å². The Morgan fingerprint density at radius 3 is 2.29 bits per heavy atom. The first-order chi connectivity index (χ1) is 13.2. The molecule has 1 heterocycles. The summed E-state index contributed by atoms with van der Waals surface area (Å²) in [6.45, 7) is 5.02. The quantitative estimate of drug-likeness (QED) is 0.680. The summed E-state index contributed by atoms with van der Waals surface area (Å²) in [7, 11) is 0. The van der Waals surface area contributed by atoms with Gasteiger partial charge >= 0.3 is 0 Å². The van der Waals surface area contributed by atoms with Crippen molar-refractivity contribution in [2.75, 3.05) is 6.61 Å². The van der Waals surface area contributed by atoms with Crippen LogP contribution in [0.4, 0.5) is 0 Å². The van der Waals surface area contributed by atoms with Gasteiger partial charge in [0.05, 0.1) is 11.6 Å². The molecule has 28 heavy (non-hydrogen) atoms. The van der Waals surface area contributed by atoms with Crippen LogP contribution in [0.5, 0.6) is 0 Å². The summed E-state index contributed by atoms with van der Waals surface area (Å²) in [5.74, 6) is 1.66. The Morgan fingerprint density at radius 2 is 1.64 bits per heavy atom. The van der Waals surface area contributed by atoms with E-state index in [-0.39, 0.29) is 24.0 Å². The first-order valence-electron chi connectivity index (χ1n) is 10.2. The maximum Gasteiger partial charge on any atom is 0.124 e. The van der Waals surface area contributed by atoms with E-state index in [1.807, 2.05) is 0 Å². The Bertz CT molecular complexity index is 774. The zero-order chi connectivity index (χ0) is 18.7. The number of rotatable bonds is 6. The lowest BCUT2D eigenvalue weighted by Gasteiger charge is -2.32. The summed E-state index contributed by atoms with van der Waals surface area (Å²) in [5, 5.41) is 3.70. The number of hydrogen-bond donors (Lipinski definition) is 1. The molecule has 2 aromatic carbocycles. The van der Waals surface area contributed by atoms with E-state index in [4.69, 9.17) is 9.73 Å². The fraction of sp³-hybridized carbons (Fsp3) is 0.458. The lowest BCUT2D eigenvalue weighted by molar-refractivity contribution is 0.0501. The molecule has 2 aliphatic rings. The van der Waals surface area contributed by atoms with E-state index in [0.29, 0.717) is 18.6 Å². The average molecular weight is 399 g/mol. The molecule has 4 rings (SSSR count). The third kappa shape index (κ3) is 4.26. The van der Waals surface area contributed by atoms with Crippen molar-refractivity contribution in [1.82, 2.24) is 5.32 Å². The minimum absolute atomic E-state index is 0. The molecule has 1 saturated carbocycles. The van der Waals surface area contributed by atoms with Crippen molar-refractivity contribution < 1.29 is 4.74 Å². The topological polar surface area (TPSA) is 33.6 Å². The number of hydrogen-bond acceptors (Lipinski definition) is 3.